The van der Waals surface area contributed by atoms with Gasteiger partial charge in [-0.25, -0.2) is 4.98 Å². The fourth-order valence-corrected chi connectivity index (χ4v) is 3.33. The van der Waals surface area contributed by atoms with Crippen LogP contribution in [0.3, 0.4) is 0 Å². The number of likely N-dealkylation sites (N-methyl/N-ethyl adjacent to an activating group) is 1. The lowest BCUT2D eigenvalue weighted by Gasteiger charge is -2.44. The summed E-state index contributed by atoms with van der Waals surface area (Å²) in [6, 6.07) is 0. The third kappa shape index (κ3) is 2.71. The minimum Gasteiger partial charge on any atom is -0.355 e. The molecule has 0 aromatic carbocycles. The van der Waals surface area contributed by atoms with Gasteiger partial charge in [0.2, 0.25) is 0 Å². The van der Waals surface area contributed by atoms with Crippen molar-refractivity contribution in [1.82, 2.24) is 9.88 Å². The molecule has 2 rings (SSSR count). The molecule has 0 aliphatic heterocycles. The van der Waals surface area contributed by atoms with Crippen molar-refractivity contribution in [3.8, 4) is 0 Å². The second-order valence-corrected chi connectivity index (χ2v) is 6.14. The summed E-state index contributed by atoms with van der Waals surface area (Å²) in [5.41, 5.74) is 0.265. The first-order chi connectivity index (χ1) is 7.10. The Bertz CT molecular complexity index is 333. The Morgan fingerprint density at radius 1 is 1.60 bits per heavy atom. The predicted molar refractivity (Wildman–Crippen MR) is 68.6 cm³/mol. The first-order valence-electron chi connectivity index (χ1n) is 5.14. The molecule has 0 saturated heterocycles. The molecule has 1 aliphatic rings. The number of aromatic nitrogens is 1. The zero-order valence-corrected chi connectivity index (χ0v) is 11.5. The minimum absolute atomic E-state index is 0.265. The summed E-state index contributed by atoms with van der Waals surface area (Å²) < 4.78 is 0.925. The highest BCUT2D eigenvalue weighted by molar-refractivity contribution is 9.10. The second-order valence-electron chi connectivity index (χ2n) is 4.47. The fraction of sp³-hybridized carbons (Fsp3) is 0.700. The highest BCUT2D eigenvalue weighted by atomic mass is 79.9. The van der Waals surface area contributed by atoms with Crippen LogP contribution in [0.15, 0.2) is 9.98 Å². The zero-order chi connectivity index (χ0) is 10.9. The monoisotopic (exact) mass is 289 g/mol. The molecule has 84 valence electrons. The van der Waals surface area contributed by atoms with Gasteiger partial charge in [-0.15, -0.1) is 11.3 Å². The smallest absolute Gasteiger partial charge is 0.184 e. The van der Waals surface area contributed by atoms with E-state index in [1.165, 1.54) is 19.3 Å². The van der Waals surface area contributed by atoms with Crippen molar-refractivity contribution < 1.29 is 0 Å². The number of anilines is 1. The van der Waals surface area contributed by atoms with Crippen molar-refractivity contribution in [3.63, 3.8) is 0 Å². The lowest BCUT2D eigenvalue weighted by atomic mass is 9.76. The maximum Gasteiger partial charge on any atom is 0.184 e. The van der Waals surface area contributed by atoms with Crippen LogP contribution in [0.1, 0.15) is 19.3 Å². The Morgan fingerprint density at radius 3 is 2.73 bits per heavy atom. The molecule has 15 heavy (non-hydrogen) atoms. The number of nitrogens with one attached hydrogen (secondary N) is 1. The maximum absolute atomic E-state index is 4.39. The van der Waals surface area contributed by atoms with Crippen molar-refractivity contribution in [2.24, 2.45) is 0 Å². The van der Waals surface area contributed by atoms with E-state index in [0.717, 1.165) is 16.3 Å². The fourth-order valence-electron chi connectivity index (χ4n) is 2.07. The van der Waals surface area contributed by atoms with Crippen LogP contribution in [0.2, 0.25) is 0 Å². The number of hydrogen-bond donors (Lipinski definition) is 1. The summed E-state index contributed by atoms with van der Waals surface area (Å²) >= 11 is 5.04. The number of nitrogens with zero attached hydrogens (tertiary/aromatic N) is 2. The van der Waals surface area contributed by atoms with Gasteiger partial charge < -0.3 is 10.2 Å². The van der Waals surface area contributed by atoms with Crippen LogP contribution in [-0.2, 0) is 0 Å². The molecule has 0 unspecified atom stereocenters. The third-order valence-electron chi connectivity index (χ3n) is 2.78. The molecular formula is C10H16BrN3S. The lowest BCUT2D eigenvalue weighted by molar-refractivity contribution is 0.205. The van der Waals surface area contributed by atoms with Gasteiger partial charge in [-0.1, -0.05) is 0 Å². The molecular weight excluding hydrogens is 274 g/mol. The normalized spacial score (nSPS) is 18.9. The molecule has 1 heterocycles. The number of rotatable bonds is 4. The van der Waals surface area contributed by atoms with Crippen LogP contribution in [0.25, 0.3) is 0 Å². The average molecular weight is 290 g/mol. The van der Waals surface area contributed by atoms with Crippen molar-refractivity contribution >= 4 is 32.4 Å². The van der Waals surface area contributed by atoms with Gasteiger partial charge in [0.25, 0.3) is 0 Å². The summed E-state index contributed by atoms with van der Waals surface area (Å²) in [7, 11) is 4.25. The summed E-state index contributed by atoms with van der Waals surface area (Å²) in [6.45, 7) is 1.09. The van der Waals surface area contributed by atoms with Gasteiger partial charge in [-0.3, -0.25) is 0 Å². The quantitative estimate of drug-likeness (QED) is 0.924. The van der Waals surface area contributed by atoms with Crippen LogP contribution in [0.5, 0.6) is 0 Å². The van der Waals surface area contributed by atoms with E-state index < -0.39 is 0 Å². The SMILES string of the molecule is CN(C)CC1(Nc2nc(Br)cs2)CCC1. The highest BCUT2D eigenvalue weighted by Crippen LogP contribution is 2.36. The molecule has 0 atom stereocenters. The van der Waals surface area contributed by atoms with E-state index in [4.69, 9.17) is 0 Å². The molecule has 0 bridgehead atoms. The summed E-state index contributed by atoms with van der Waals surface area (Å²) in [6.07, 6.45) is 3.83. The Kier molecular flexibility index (Phi) is 3.33. The van der Waals surface area contributed by atoms with Gasteiger partial charge in [0.1, 0.15) is 4.60 Å². The van der Waals surface area contributed by atoms with E-state index in [1.807, 2.05) is 5.38 Å². The molecule has 1 aliphatic carbocycles. The summed E-state index contributed by atoms with van der Waals surface area (Å²) in [4.78, 5) is 6.64. The van der Waals surface area contributed by atoms with Crippen LogP contribution in [0, 0.1) is 0 Å². The summed E-state index contributed by atoms with van der Waals surface area (Å²) in [5.74, 6) is 0. The molecule has 0 spiro atoms. The first-order valence-corrected chi connectivity index (χ1v) is 6.81. The Hall–Kier alpha value is -0.130. The van der Waals surface area contributed by atoms with Gasteiger partial charge in [0.05, 0.1) is 5.54 Å². The van der Waals surface area contributed by atoms with Crippen LogP contribution in [0.4, 0.5) is 5.13 Å². The molecule has 1 aromatic heterocycles. The summed E-state index contributed by atoms with van der Waals surface area (Å²) in [5, 5.41) is 6.63. The molecule has 5 heteroatoms. The van der Waals surface area contributed by atoms with Gasteiger partial charge in [0, 0.05) is 11.9 Å². The van der Waals surface area contributed by atoms with Crippen molar-refractivity contribution in [1.29, 1.82) is 0 Å². The molecule has 0 amide bonds. The Morgan fingerprint density at radius 2 is 2.33 bits per heavy atom. The lowest BCUT2D eigenvalue weighted by Crippen LogP contribution is -2.52. The van der Waals surface area contributed by atoms with E-state index in [9.17, 15) is 0 Å². The molecule has 1 saturated carbocycles. The molecule has 1 N–H and O–H groups in total. The largest absolute Gasteiger partial charge is 0.355 e. The number of thiazole rings is 1. The zero-order valence-electron chi connectivity index (χ0n) is 9.09. The number of halogens is 1. The third-order valence-corrected chi connectivity index (χ3v) is 4.24. The molecule has 1 aromatic rings. The van der Waals surface area contributed by atoms with E-state index >= 15 is 0 Å². The predicted octanol–water partition coefficient (Wildman–Crippen LogP) is 2.80. The average Bonchev–Trinajstić information content (AvgIpc) is 2.46. The van der Waals surface area contributed by atoms with Crippen LogP contribution >= 0.6 is 27.3 Å². The Balaban J connectivity index is 2.01. The van der Waals surface area contributed by atoms with Gasteiger partial charge in [0.15, 0.2) is 5.13 Å². The van der Waals surface area contributed by atoms with E-state index in [-0.39, 0.29) is 5.54 Å². The number of hydrogen-bond acceptors (Lipinski definition) is 4. The van der Waals surface area contributed by atoms with Crippen LogP contribution in [-0.4, -0.2) is 36.1 Å². The standard InChI is InChI=1S/C10H16BrN3S/c1-14(2)7-10(4-3-5-10)13-9-12-8(11)6-15-9/h6H,3-5,7H2,1-2H3,(H,12,13). The van der Waals surface area contributed by atoms with Gasteiger partial charge in [-0.2, -0.15) is 0 Å². The maximum atomic E-state index is 4.39. The van der Waals surface area contributed by atoms with Crippen molar-refractivity contribution in [2.75, 3.05) is 26.0 Å². The van der Waals surface area contributed by atoms with E-state index in [0.29, 0.717) is 0 Å². The Labute approximate surface area is 103 Å². The first kappa shape index (κ1) is 11.4. The molecule has 0 radical (unpaired) electrons. The van der Waals surface area contributed by atoms with Crippen LogP contribution < -0.4 is 5.32 Å². The van der Waals surface area contributed by atoms with E-state index in [2.05, 4.69) is 45.2 Å². The second kappa shape index (κ2) is 4.39. The van der Waals surface area contributed by atoms with Crippen molar-refractivity contribution in [2.45, 2.75) is 24.8 Å². The molecule has 3 nitrogen and oxygen atoms in total. The van der Waals surface area contributed by atoms with Gasteiger partial charge >= 0.3 is 0 Å². The highest BCUT2D eigenvalue weighted by Gasteiger charge is 2.37. The minimum atomic E-state index is 0.265. The molecule has 1 fully saturated rings. The van der Waals surface area contributed by atoms with Gasteiger partial charge in [-0.05, 0) is 49.3 Å². The van der Waals surface area contributed by atoms with E-state index in [1.54, 1.807) is 11.3 Å². The topological polar surface area (TPSA) is 28.2 Å². The van der Waals surface area contributed by atoms with Crippen molar-refractivity contribution in [3.05, 3.63) is 9.98 Å².